The molecule has 0 radical (unpaired) electrons. The van der Waals surface area contributed by atoms with Crippen molar-refractivity contribution in [2.45, 2.75) is 51.0 Å². The van der Waals surface area contributed by atoms with Crippen LogP contribution in [-0.2, 0) is 14.3 Å². The molecule has 1 heterocycles. The first-order chi connectivity index (χ1) is 12.7. The van der Waals surface area contributed by atoms with Gasteiger partial charge in [-0.05, 0) is 24.5 Å². The molecule has 2 aliphatic rings. The molecule has 0 aromatic heterocycles. The third-order valence-corrected chi connectivity index (χ3v) is 4.94. The molecule has 26 heavy (non-hydrogen) atoms. The highest BCUT2D eigenvalue weighted by Crippen LogP contribution is 2.30. The molecular weight excluding hydrogens is 334 g/mol. The van der Waals surface area contributed by atoms with Crippen LogP contribution in [0.5, 0.6) is 11.5 Å². The summed E-state index contributed by atoms with van der Waals surface area (Å²) in [7, 11) is 0. The lowest BCUT2D eigenvalue weighted by Crippen LogP contribution is -2.42. The molecule has 1 aliphatic carbocycles. The lowest BCUT2D eigenvalue weighted by atomic mass is 9.86. The van der Waals surface area contributed by atoms with E-state index in [-0.39, 0.29) is 24.6 Å². The van der Waals surface area contributed by atoms with Crippen LogP contribution in [0.15, 0.2) is 24.3 Å². The molecule has 1 aromatic carbocycles. The summed E-state index contributed by atoms with van der Waals surface area (Å²) in [5.74, 6) is 1.40. The van der Waals surface area contributed by atoms with Gasteiger partial charge in [0.25, 0.3) is 5.91 Å². The average Bonchev–Trinajstić information content (AvgIpc) is 2.69. The van der Waals surface area contributed by atoms with Gasteiger partial charge in [-0.1, -0.05) is 44.2 Å². The van der Waals surface area contributed by atoms with Crippen LogP contribution in [0.25, 0.3) is 0 Å². The highest BCUT2D eigenvalue weighted by atomic mass is 16.6. The monoisotopic (exact) mass is 361 g/mol. The van der Waals surface area contributed by atoms with Gasteiger partial charge in [-0.25, -0.2) is 0 Å². The number of para-hydroxylation sites is 2. The smallest absolute Gasteiger partial charge is 0.306 e. The van der Waals surface area contributed by atoms with Crippen LogP contribution >= 0.6 is 0 Å². The third-order valence-electron chi connectivity index (χ3n) is 4.94. The van der Waals surface area contributed by atoms with E-state index in [9.17, 15) is 9.59 Å². The van der Waals surface area contributed by atoms with Crippen molar-refractivity contribution in [2.24, 2.45) is 5.92 Å². The van der Waals surface area contributed by atoms with Gasteiger partial charge in [-0.15, -0.1) is 0 Å². The molecule has 1 aromatic rings. The third kappa shape index (κ3) is 5.64. The van der Waals surface area contributed by atoms with E-state index >= 15 is 0 Å². The van der Waals surface area contributed by atoms with E-state index in [1.807, 2.05) is 24.3 Å². The largest absolute Gasteiger partial charge is 0.486 e. The fraction of sp³-hybridized carbons (Fsp3) is 0.600. The van der Waals surface area contributed by atoms with Crippen LogP contribution < -0.4 is 14.8 Å². The first kappa shape index (κ1) is 18.5. The van der Waals surface area contributed by atoms with Gasteiger partial charge in [0.15, 0.2) is 18.1 Å². The average molecular weight is 361 g/mol. The molecule has 1 N–H and O–H groups in total. The zero-order valence-electron chi connectivity index (χ0n) is 15.1. The molecule has 1 saturated carbocycles. The molecule has 1 unspecified atom stereocenters. The second-order valence-electron chi connectivity index (χ2n) is 7.01. The number of hydrogen-bond acceptors (Lipinski definition) is 5. The molecule has 0 spiro atoms. The summed E-state index contributed by atoms with van der Waals surface area (Å²) in [4.78, 5) is 23.6. The van der Waals surface area contributed by atoms with Crippen molar-refractivity contribution >= 4 is 11.9 Å². The fourth-order valence-corrected chi connectivity index (χ4v) is 3.46. The second-order valence-corrected chi connectivity index (χ2v) is 7.01. The van der Waals surface area contributed by atoms with Gasteiger partial charge in [0.2, 0.25) is 0 Å². The quantitative estimate of drug-likeness (QED) is 0.756. The molecular formula is C20H27NO5. The molecule has 1 atom stereocenters. The van der Waals surface area contributed by atoms with E-state index in [1.165, 1.54) is 32.1 Å². The first-order valence-electron chi connectivity index (χ1n) is 9.51. The van der Waals surface area contributed by atoms with E-state index < -0.39 is 0 Å². The van der Waals surface area contributed by atoms with Crippen molar-refractivity contribution in [3.8, 4) is 11.5 Å². The van der Waals surface area contributed by atoms with Gasteiger partial charge >= 0.3 is 5.97 Å². The number of carbonyl (C=O) groups is 2. The SMILES string of the molecule is O=C(COC(=O)CCC1CCCCC1)NCC1COc2ccccc2O1. The van der Waals surface area contributed by atoms with E-state index in [0.717, 1.165) is 6.42 Å². The predicted octanol–water partition coefficient (Wildman–Crippen LogP) is 2.85. The minimum absolute atomic E-state index is 0.242. The van der Waals surface area contributed by atoms with Gasteiger partial charge in [-0.3, -0.25) is 9.59 Å². The van der Waals surface area contributed by atoms with Gasteiger partial charge in [0.1, 0.15) is 12.7 Å². The van der Waals surface area contributed by atoms with E-state index in [4.69, 9.17) is 14.2 Å². The molecule has 142 valence electrons. The van der Waals surface area contributed by atoms with Crippen molar-refractivity contribution in [2.75, 3.05) is 19.8 Å². The summed E-state index contributed by atoms with van der Waals surface area (Å²) < 4.78 is 16.4. The van der Waals surface area contributed by atoms with Crippen molar-refractivity contribution in [1.82, 2.24) is 5.32 Å². The Morgan fingerprint density at radius 1 is 1.12 bits per heavy atom. The molecule has 0 bridgehead atoms. The number of benzene rings is 1. The number of ether oxygens (including phenoxy) is 3. The van der Waals surface area contributed by atoms with Crippen LogP contribution in [0.3, 0.4) is 0 Å². The van der Waals surface area contributed by atoms with Gasteiger partial charge in [-0.2, -0.15) is 0 Å². The number of amides is 1. The molecule has 1 amide bonds. The Labute approximate surface area is 154 Å². The Morgan fingerprint density at radius 2 is 1.88 bits per heavy atom. The van der Waals surface area contributed by atoms with Crippen molar-refractivity contribution in [1.29, 1.82) is 0 Å². The van der Waals surface area contributed by atoms with Gasteiger partial charge < -0.3 is 19.5 Å². The van der Waals surface area contributed by atoms with Crippen molar-refractivity contribution < 1.29 is 23.8 Å². The normalized spacial score (nSPS) is 19.6. The van der Waals surface area contributed by atoms with Gasteiger partial charge in [0.05, 0.1) is 6.54 Å². The molecule has 1 aliphatic heterocycles. The summed E-state index contributed by atoms with van der Waals surface area (Å²) >= 11 is 0. The molecule has 6 heteroatoms. The van der Waals surface area contributed by atoms with E-state index in [1.54, 1.807) is 0 Å². The van der Waals surface area contributed by atoms with E-state index in [2.05, 4.69) is 5.32 Å². The summed E-state index contributed by atoms with van der Waals surface area (Å²) in [6, 6.07) is 7.43. The topological polar surface area (TPSA) is 73.9 Å². The minimum Gasteiger partial charge on any atom is -0.486 e. The van der Waals surface area contributed by atoms with Crippen LogP contribution in [0.4, 0.5) is 0 Å². The molecule has 1 fully saturated rings. The van der Waals surface area contributed by atoms with Crippen molar-refractivity contribution in [3.63, 3.8) is 0 Å². The van der Waals surface area contributed by atoms with Crippen molar-refractivity contribution in [3.05, 3.63) is 24.3 Å². The van der Waals surface area contributed by atoms with Crippen LogP contribution in [-0.4, -0.2) is 37.7 Å². The number of nitrogens with one attached hydrogen (secondary N) is 1. The van der Waals surface area contributed by atoms with Crippen LogP contribution in [0.1, 0.15) is 44.9 Å². The maximum atomic E-state index is 11.9. The molecule has 0 saturated heterocycles. The lowest BCUT2D eigenvalue weighted by molar-refractivity contribution is -0.149. The van der Waals surface area contributed by atoms with Gasteiger partial charge in [0, 0.05) is 6.42 Å². The lowest BCUT2D eigenvalue weighted by Gasteiger charge is -2.26. The van der Waals surface area contributed by atoms with Crippen LogP contribution in [0, 0.1) is 5.92 Å². The Balaban J connectivity index is 1.29. The number of esters is 1. The Morgan fingerprint density at radius 3 is 2.69 bits per heavy atom. The predicted molar refractivity (Wildman–Crippen MR) is 96.1 cm³/mol. The standard InChI is InChI=1S/C20H27NO5/c22-19(14-25-20(23)11-10-15-6-2-1-3-7-15)21-12-16-13-24-17-8-4-5-9-18(17)26-16/h4-5,8-9,15-16H,1-3,6-7,10-14H2,(H,21,22). The highest BCUT2D eigenvalue weighted by molar-refractivity contribution is 5.80. The maximum Gasteiger partial charge on any atom is 0.306 e. The number of rotatable bonds is 7. The first-order valence-corrected chi connectivity index (χ1v) is 9.51. The van der Waals surface area contributed by atoms with E-state index in [0.29, 0.717) is 37.0 Å². The Kier molecular flexibility index (Phi) is 6.75. The minimum atomic E-state index is -0.321. The Bertz CT molecular complexity index is 612. The highest BCUT2D eigenvalue weighted by Gasteiger charge is 2.21. The summed E-state index contributed by atoms with van der Waals surface area (Å²) in [6.07, 6.45) is 7.26. The summed E-state index contributed by atoms with van der Waals surface area (Å²) in [5, 5.41) is 2.72. The molecule has 3 rings (SSSR count). The maximum absolute atomic E-state index is 11.9. The number of hydrogen-bond donors (Lipinski definition) is 1. The Hall–Kier alpha value is -2.24. The zero-order valence-corrected chi connectivity index (χ0v) is 15.1. The zero-order chi connectivity index (χ0) is 18.2. The summed E-state index contributed by atoms with van der Waals surface area (Å²) in [5.41, 5.74) is 0. The second kappa shape index (κ2) is 9.46. The number of carbonyl (C=O) groups excluding carboxylic acids is 2. The van der Waals surface area contributed by atoms with Crippen LogP contribution in [0.2, 0.25) is 0 Å². The number of fused-ring (bicyclic) bond motifs is 1. The molecule has 6 nitrogen and oxygen atoms in total. The summed E-state index contributed by atoms with van der Waals surface area (Å²) in [6.45, 7) is 0.443. The fourth-order valence-electron chi connectivity index (χ4n) is 3.46.